The molecule has 0 atom stereocenters. The van der Waals surface area contributed by atoms with E-state index < -0.39 is 0 Å². The van der Waals surface area contributed by atoms with Crippen LogP contribution in [0.2, 0.25) is 0 Å². The molecule has 4 rings (SSSR count). The molecule has 0 aliphatic carbocycles. The van der Waals surface area contributed by atoms with Gasteiger partial charge in [0.2, 0.25) is 0 Å². The molecule has 0 amide bonds. The van der Waals surface area contributed by atoms with Gasteiger partial charge in [-0.3, -0.25) is 13.9 Å². The first kappa shape index (κ1) is 13.9. The maximum Gasteiger partial charge on any atom is 0.155 e. The van der Waals surface area contributed by atoms with Crippen LogP contribution in [0.3, 0.4) is 0 Å². The Bertz CT molecular complexity index is 1020. The number of aromatic nitrogens is 4. The van der Waals surface area contributed by atoms with Gasteiger partial charge in [0.25, 0.3) is 0 Å². The van der Waals surface area contributed by atoms with Crippen molar-refractivity contribution >= 4 is 57.3 Å². The summed E-state index contributed by atoms with van der Waals surface area (Å²) in [7, 11) is 0. The Morgan fingerprint density at radius 3 is 2.82 bits per heavy atom. The van der Waals surface area contributed by atoms with Crippen LogP contribution in [0.5, 0.6) is 0 Å². The third kappa shape index (κ3) is 1.99. The van der Waals surface area contributed by atoms with Crippen LogP contribution in [0.4, 0.5) is 4.39 Å². The molecule has 7 heteroatoms. The minimum absolute atomic E-state index is 0.339. The summed E-state index contributed by atoms with van der Waals surface area (Å²) >= 11 is 6.44. The molecule has 4 heterocycles. The summed E-state index contributed by atoms with van der Waals surface area (Å²) in [6.07, 6.45) is 6.40. The van der Waals surface area contributed by atoms with Gasteiger partial charge in [0.1, 0.15) is 0 Å². The normalized spacial score (nSPS) is 11.4. The number of pyridine rings is 3. The minimum atomic E-state index is -0.339. The van der Waals surface area contributed by atoms with Crippen LogP contribution in [-0.4, -0.2) is 18.9 Å². The fourth-order valence-electron chi connectivity index (χ4n) is 2.46. The number of hydrogen-bond donors (Lipinski definition) is 1. The average Bonchev–Trinajstić information content (AvgIpc) is 2.84. The van der Waals surface area contributed by atoms with Crippen molar-refractivity contribution in [2.75, 3.05) is 0 Å². The number of halogens is 2. The average molecular weight is 422 g/mol. The second kappa shape index (κ2) is 5.17. The van der Waals surface area contributed by atoms with E-state index in [0.29, 0.717) is 9.22 Å². The first-order chi connectivity index (χ1) is 10.7. The predicted octanol–water partition coefficient (Wildman–Crippen LogP) is 4.08. The summed E-state index contributed by atoms with van der Waals surface area (Å²) in [5.74, 6) is -0.339. The lowest BCUT2D eigenvalue weighted by Crippen LogP contribution is -1.88. The van der Waals surface area contributed by atoms with E-state index in [1.165, 1.54) is 6.20 Å². The maximum atomic E-state index is 13.9. The molecule has 0 saturated heterocycles. The Hall–Kier alpha value is -1.74. The fraction of sp³-hybridized carbons (Fsp3) is 0. The van der Waals surface area contributed by atoms with Gasteiger partial charge in [-0.2, -0.15) is 0 Å². The molecule has 22 heavy (non-hydrogen) atoms. The predicted molar refractivity (Wildman–Crippen MR) is 95.3 cm³/mol. The second-order valence-electron chi connectivity index (χ2n) is 4.76. The number of thiol groups is 1. The van der Waals surface area contributed by atoms with Crippen LogP contribution < -0.4 is 0 Å². The van der Waals surface area contributed by atoms with Crippen LogP contribution in [-0.2, 0) is 0 Å². The smallest absolute Gasteiger partial charge is 0.155 e. The Morgan fingerprint density at radius 2 is 2.05 bits per heavy atom. The van der Waals surface area contributed by atoms with E-state index in [0.717, 1.165) is 27.5 Å². The summed E-state index contributed by atoms with van der Waals surface area (Å²) in [6.45, 7) is 0. The van der Waals surface area contributed by atoms with Crippen LogP contribution in [0.15, 0.2) is 43.0 Å². The Morgan fingerprint density at radius 1 is 1.18 bits per heavy atom. The zero-order valence-corrected chi connectivity index (χ0v) is 14.1. The lowest BCUT2D eigenvalue weighted by Gasteiger charge is -2.01. The minimum Gasteiger partial charge on any atom is -0.268 e. The van der Waals surface area contributed by atoms with Crippen molar-refractivity contribution in [1.82, 2.24) is 18.9 Å². The monoisotopic (exact) mass is 422 g/mol. The first-order valence-corrected chi connectivity index (χ1v) is 7.88. The highest BCUT2D eigenvalue weighted by Gasteiger charge is 2.16. The van der Waals surface area contributed by atoms with Crippen LogP contribution in [0, 0.1) is 9.39 Å². The number of nitrogens with zero attached hydrogens (tertiary/aromatic N) is 4. The third-order valence-corrected chi connectivity index (χ3v) is 4.95. The van der Waals surface area contributed by atoms with Crippen LogP contribution >= 0.6 is 35.4 Å². The number of fused-ring (bicyclic) bond motifs is 3. The molecule has 4 nitrogen and oxygen atoms in total. The molecular weight excluding hydrogens is 414 g/mol. The SMILES string of the molecule is Fc1cnc2c(c1I)c1cc(-c3cccnc3)ncc1n2S. The van der Waals surface area contributed by atoms with E-state index in [1.807, 2.05) is 40.8 Å². The molecule has 4 aromatic heterocycles. The Kier molecular flexibility index (Phi) is 3.26. The lowest BCUT2D eigenvalue weighted by molar-refractivity contribution is 0.617. The molecule has 0 fully saturated rings. The van der Waals surface area contributed by atoms with Gasteiger partial charge in [-0.1, -0.05) is 12.8 Å². The lowest BCUT2D eigenvalue weighted by atomic mass is 10.1. The van der Waals surface area contributed by atoms with Gasteiger partial charge in [-0.25, -0.2) is 9.37 Å². The summed E-state index contributed by atoms with van der Waals surface area (Å²) in [4.78, 5) is 12.7. The highest BCUT2D eigenvalue weighted by Crippen LogP contribution is 2.34. The van der Waals surface area contributed by atoms with Crippen molar-refractivity contribution in [3.8, 4) is 11.3 Å². The van der Waals surface area contributed by atoms with Gasteiger partial charge in [-0.05, 0) is 40.8 Å². The molecule has 0 radical (unpaired) electrons. The fourth-order valence-corrected chi connectivity index (χ4v) is 3.44. The van der Waals surface area contributed by atoms with Gasteiger partial charge in [0.15, 0.2) is 11.5 Å². The van der Waals surface area contributed by atoms with Gasteiger partial charge >= 0.3 is 0 Å². The summed E-state index contributed by atoms with van der Waals surface area (Å²) in [5.41, 5.74) is 3.10. The van der Waals surface area contributed by atoms with Crippen molar-refractivity contribution in [2.24, 2.45) is 0 Å². The van der Waals surface area contributed by atoms with E-state index in [1.54, 1.807) is 22.6 Å². The van der Waals surface area contributed by atoms with Crippen LogP contribution in [0.25, 0.3) is 33.2 Å². The topological polar surface area (TPSA) is 43.6 Å². The van der Waals surface area contributed by atoms with Crippen molar-refractivity contribution in [2.45, 2.75) is 0 Å². The molecule has 0 N–H and O–H groups in total. The highest BCUT2D eigenvalue weighted by molar-refractivity contribution is 14.1. The van der Waals surface area contributed by atoms with Gasteiger partial charge in [0, 0.05) is 28.7 Å². The molecule has 108 valence electrons. The van der Waals surface area contributed by atoms with E-state index in [9.17, 15) is 4.39 Å². The number of rotatable bonds is 1. The van der Waals surface area contributed by atoms with Crippen LogP contribution in [0.1, 0.15) is 0 Å². The van der Waals surface area contributed by atoms with Gasteiger partial charge in [0.05, 0.1) is 27.2 Å². The Labute approximate surface area is 144 Å². The zero-order valence-electron chi connectivity index (χ0n) is 11.0. The van der Waals surface area contributed by atoms with E-state index in [4.69, 9.17) is 0 Å². The summed E-state index contributed by atoms with van der Waals surface area (Å²) in [6, 6.07) is 5.71. The van der Waals surface area contributed by atoms with Gasteiger partial charge < -0.3 is 0 Å². The van der Waals surface area contributed by atoms with Crippen molar-refractivity contribution in [1.29, 1.82) is 0 Å². The molecule has 0 unspecified atom stereocenters. The van der Waals surface area contributed by atoms with Gasteiger partial charge in [-0.15, -0.1) is 0 Å². The Balaban J connectivity index is 2.11. The van der Waals surface area contributed by atoms with Crippen molar-refractivity contribution in [3.63, 3.8) is 0 Å². The number of hydrogen-bond acceptors (Lipinski definition) is 4. The molecule has 0 bridgehead atoms. The quantitative estimate of drug-likeness (QED) is 0.372. The summed E-state index contributed by atoms with van der Waals surface area (Å²) < 4.78 is 16.0. The van der Waals surface area contributed by atoms with Crippen molar-refractivity contribution < 1.29 is 4.39 Å². The maximum absolute atomic E-state index is 13.9. The molecule has 0 spiro atoms. The first-order valence-electron chi connectivity index (χ1n) is 6.40. The molecule has 0 aliphatic rings. The molecule has 4 aromatic rings. The third-order valence-electron chi connectivity index (χ3n) is 3.49. The highest BCUT2D eigenvalue weighted by atomic mass is 127. The van der Waals surface area contributed by atoms with E-state index in [-0.39, 0.29) is 5.82 Å². The second-order valence-corrected chi connectivity index (χ2v) is 6.24. The largest absolute Gasteiger partial charge is 0.268 e. The van der Waals surface area contributed by atoms with E-state index in [2.05, 4.69) is 27.8 Å². The molecule has 0 aliphatic heterocycles. The molecule has 0 saturated carbocycles. The standard InChI is InChI=1S/C15H8FIN4S/c16-10-6-20-15-13(14(10)17)9-4-11(8-2-1-3-18-5-8)19-7-12(9)21(15)22/h1-7,22H. The zero-order chi connectivity index (χ0) is 15.3. The summed E-state index contributed by atoms with van der Waals surface area (Å²) in [5, 5.41) is 1.62. The molecular formula is C15H8FIN4S. The van der Waals surface area contributed by atoms with Crippen molar-refractivity contribution in [3.05, 3.63) is 52.4 Å². The van der Waals surface area contributed by atoms with E-state index >= 15 is 0 Å². The molecule has 0 aromatic carbocycles.